The summed E-state index contributed by atoms with van der Waals surface area (Å²) < 4.78 is 0. The highest BCUT2D eigenvalue weighted by atomic mass is 32.2. The molecule has 0 aromatic carbocycles. The summed E-state index contributed by atoms with van der Waals surface area (Å²) in [6.45, 7) is 3.66. The molecule has 0 heterocycles. The number of hydrogen-bond donors (Lipinski definition) is 3. The van der Waals surface area contributed by atoms with Crippen molar-refractivity contribution in [2.24, 2.45) is 0 Å². The lowest BCUT2D eigenvalue weighted by molar-refractivity contribution is -0.141. The van der Waals surface area contributed by atoms with Crippen molar-refractivity contribution in [2.45, 2.75) is 31.6 Å². The van der Waals surface area contributed by atoms with Crippen LogP contribution in [-0.2, 0) is 9.59 Å². The Kier molecular flexibility index (Phi) is 7.15. The third-order valence-electron chi connectivity index (χ3n) is 1.60. The fourth-order valence-corrected chi connectivity index (χ4v) is 1.43. The van der Waals surface area contributed by atoms with Gasteiger partial charge in [-0.3, -0.25) is 4.79 Å². The minimum absolute atomic E-state index is 0.0351. The van der Waals surface area contributed by atoms with Gasteiger partial charge in [0.15, 0.2) is 0 Å². The third-order valence-corrected chi connectivity index (χ3v) is 2.69. The van der Waals surface area contributed by atoms with Crippen molar-refractivity contribution in [3.63, 3.8) is 0 Å². The number of aliphatic hydroxyl groups is 1. The molecule has 1 atom stereocenters. The van der Waals surface area contributed by atoms with E-state index in [1.165, 1.54) is 11.8 Å². The number of aliphatic carboxylic acids is 1. The Bertz CT molecular complexity index is 220. The minimum Gasteiger partial charge on any atom is -0.480 e. The number of carboxylic acid groups (broad SMARTS) is 1. The second-order valence-corrected chi connectivity index (χ2v) is 4.90. The lowest BCUT2D eigenvalue weighted by Crippen LogP contribution is -2.42. The Morgan fingerprint density at radius 2 is 2.00 bits per heavy atom. The summed E-state index contributed by atoms with van der Waals surface area (Å²) in [4.78, 5) is 21.9. The number of thioether (sulfide) groups is 1. The molecule has 0 aromatic heterocycles. The van der Waals surface area contributed by atoms with Gasteiger partial charge in [0, 0.05) is 13.0 Å². The summed E-state index contributed by atoms with van der Waals surface area (Å²) in [5.74, 6) is -1.19. The average Bonchev–Trinajstić information content (AvgIpc) is 2.14. The van der Waals surface area contributed by atoms with Gasteiger partial charge in [0.2, 0.25) is 5.91 Å². The van der Waals surface area contributed by atoms with E-state index in [1.807, 2.05) is 13.8 Å². The predicted molar refractivity (Wildman–Crippen MR) is 58.9 cm³/mol. The largest absolute Gasteiger partial charge is 0.480 e. The molecule has 88 valence electrons. The number of carbonyl (C=O) groups excluding carboxylic acids is 1. The van der Waals surface area contributed by atoms with Crippen molar-refractivity contribution >= 4 is 23.6 Å². The van der Waals surface area contributed by atoms with Gasteiger partial charge in [-0.1, -0.05) is 13.8 Å². The van der Waals surface area contributed by atoms with E-state index in [0.29, 0.717) is 5.25 Å². The van der Waals surface area contributed by atoms with Crippen LogP contribution in [0.5, 0.6) is 0 Å². The van der Waals surface area contributed by atoms with Crippen molar-refractivity contribution in [3.05, 3.63) is 0 Å². The van der Waals surface area contributed by atoms with E-state index >= 15 is 0 Å². The lowest BCUT2D eigenvalue weighted by atomic mass is 10.2. The molecule has 0 saturated heterocycles. The molecule has 0 fully saturated rings. The molecular weight excluding hydrogens is 218 g/mol. The molecule has 0 aliphatic rings. The molecule has 0 aliphatic carbocycles. The number of aliphatic hydroxyl groups excluding tert-OH is 1. The van der Waals surface area contributed by atoms with Crippen LogP contribution < -0.4 is 5.32 Å². The van der Waals surface area contributed by atoms with Crippen LogP contribution >= 0.6 is 11.8 Å². The van der Waals surface area contributed by atoms with Gasteiger partial charge in [-0.2, -0.15) is 0 Å². The Labute approximate surface area is 93.2 Å². The highest BCUT2D eigenvalue weighted by Crippen LogP contribution is 2.08. The number of rotatable bonds is 7. The first-order valence-corrected chi connectivity index (χ1v) is 5.77. The quantitative estimate of drug-likeness (QED) is 0.582. The van der Waals surface area contributed by atoms with Gasteiger partial charge >= 0.3 is 5.97 Å². The topological polar surface area (TPSA) is 86.6 Å². The zero-order valence-corrected chi connectivity index (χ0v) is 9.71. The Morgan fingerprint density at radius 3 is 2.40 bits per heavy atom. The van der Waals surface area contributed by atoms with Crippen molar-refractivity contribution < 1.29 is 19.8 Å². The lowest BCUT2D eigenvalue weighted by Gasteiger charge is -2.13. The number of hydrogen-bond acceptors (Lipinski definition) is 4. The maximum absolute atomic E-state index is 11.3. The molecule has 3 N–H and O–H groups in total. The van der Waals surface area contributed by atoms with Crippen molar-refractivity contribution in [1.82, 2.24) is 5.32 Å². The average molecular weight is 235 g/mol. The number of carboxylic acids is 1. The van der Waals surface area contributed by atoms with Crippen molar-refractivity contribution in [1.29, 1.82) is 0 Å². The van der Waals surface area contributed by atoms with Gasteiger partial charge in [0.05, 0.1) is 5.75 Å². The first-order chi connectivity index (χ1) is 6.97. The van der Waals surface area contributed by atoms with Crippen LogP contribution in [0, 0.1) is 0 Å². The molecule has 0 aliphatic heterocycles. The van der Waals surface area contributed by atoms with Crippen LogP contribution in [0.15, 0.2) is 0 Å². The van der Waals surface area contributed by atoms with Crippen LogP contribution in [0.3, 0.4) is 0 Å². The predicted octanol–water partition coefficient (Wildman–Crippen LogP) is 0.0798. The van der Waals surface area contributed by atoms with Crippen LogP contribution in [0.1, 0.15) is 20.3 Å². The van der Waals surface area contributed by atoms with Crippen molar-refractivity contribution in [2.75, 3.05) is 12.4 Å². The summed E-state index contributed by atoms with van der Waals surface area (Å²) in [6, 6.07) is -0.990. The van der Waals surface area contributed by atoms with Crippen LogP contribution in [-0.4, -0.2) is 45.7 Å². The summed E-state index contributed by atoms with van der Waals surface area (Å²) >= 11 is 1.44. The highest BCUT2D eigenvalue weighted by Gasteiger charge is 2.18. The molecule has 0 rings (SSSR count). The molecule has 0 saturated carbocycles. The third kappa shape index (κ3) is 7.21. The van der Waals surface area contributed by atoms with Gasteiger partial charge in [-0.15, -0.1) is 11.8 Å². The molecule has 5 nitrogen and oxygen atoms in total. The highest BCUT2D eigenvalue weighted by molar-refractivity contribution is 8.00. The van der Waals surface area contributed by atoms with Crippen LogP contribution in [0.2, 0.25) is 0 Å². The van der Waals surface area contributed by atoms with Crippen molar-refractivity contribution in [3.8, 4) is 0 Å². The molecular formula is C9H17NO4S. The van der Waals surface area contributed by atoms with Gasteiger partial charge in [0.1, 0.15) is 6.04 Å². The van der Waals surface area contributed by atoms with E-state index in [4.69, 9.17) is 10.2 Å². The van der Waals surface area contributed by atoms with Gasteiger partial charge in [0.25, 0.3) is 0 Å². The molecule has 0 unspecified atom stereocenters. The SMILES string of the molecule is CC(C)SCC(=O)N[C@@H](CCO)C(=O)O. The van der Waals surface area contributed by atoms with Gasteiger partial charge in [-0.25, -0.2) is 4.79 Å². The maximum atomic E-state index is 11.3. The maximum Gasteiger partial charge on any atom is 0.326 e. The van der Waals surface area contributed by atoms with E-state index in [2.05, 4.69) is 5.32 Å². The Morgan fingerprint density at radius 1 is 1.40 bits per heavy atom. The second kappa shape index (κ2) is 7.53. The Hall–Kier alpha value is -0.750. The minimum atomic E-state index is -1.12. The molecule has 15 heavy (non-hydrogen) atoms. The first-order valence-electron chi connectivity index (χ1n) is 4.72. The molecule has 0 bridgehead atoms. The normalized spacial score (nSPS) is 12.5. The van der Waals surface area contributed by atoms with Gasteiger partial charge < -0.3 is 15.5 Å². The fourth-order valence-electron chi connectivity index (χ4n) is 0.865. The zero-order chi connectivity index (χ0) is 11.8. The summed E-state index contributed by atoms with van der Waals surface area (Å²) in [7, 11) is 0. The van der Waals surface area contributed by atoms with E-state index in [1.54, 1.807) is 0 Å². The van der Waals surface area contributed by atoms with E-state index in [-0.39, 0.29) is 24.7 Å². The van der Waals surface area contributed by atoms with E-state index in [9.17, 15) is 9.59 Å². The second-order valence-electron chi connectivity index (χ2n) is 3.33. The standard InChI is InChI=1S/C9H17NO4S/c1-6(2)15-5-8(12)10-7(3-4-11)9(13)14/h6-7,11H,3-5H2,1-2H3,(H,10,12)(H,13,14)/t7-/m0/s1. The first kappa shape index (κ1) is 14.2. The number of nitrogens with one attached hydrogen (secondary N) is 1. The number of carbonyl (C=O) groups is 2. The summed E-state index contributed by atoms with van der Waals surface area (Å²) in [5.41, 5.74) is 0. The molecule has 6 heteroatoms. The summed E-state index contributed by atoms with van der Waals surface area (Å²) in [6.07, 6.45) is 0.0351. The molecule has 0 spiro atoms. The Balaban J connectivity index is 3.94. The molecule has 0 radical (unpaired) electrons. The van der Waals surface area contributed by atoms with Gasteiger partial charge in [-0.05, 0) is 5.25 Å². The van der Waals surface area contributed by atoms with Crippen LogP contribution in [0.25, 0.3) is 0 Å². The number of amides is 1. The smallest absolute Gasteiger partial charge is 0.326 e. The summed E-state index contributed by atoms with van der Waals surface area (Å²) in [5, 5.41) is 20.0. The van der Waals surface area contributed by atoms with Crippen LogP contribution in [0.4, 0.5) is 0 Å². The van der Waals surface area contributed by atoms with E-state index < -0.39 is 12.0 Å². The molecule has 0 aromatic rings. The zero-order valence-electron chi connectivity index (χ0n) is 8.90. The molecule has 1 amide bonds. The monoisotopic (exact) mass is 235 g/mol. The van der Waals surface area contributed by atoms with E-state index in [0.717, 1.165) is 0 Å². The fraction of sp³-hybridized carbons (Fsp3) is 0.778.